The van der Waals surface area contributed by atoms with Crippen LogP contribution in [0.15, 0.2) is 0 Å². The van der Waals surface area contributed by atoms with Crippen LogP contribution in [0.5, 0.6) is 0 Å². The van der Waals surface area contributed by atoms with E-state index in [1.807, 2.05) is 0 Å². The van der Waals surface area contributed by atoms with E-state index in [-0.39, 0.29) is 0 Å². The van der Waals surface area contributed by atoms with Crippen molar-refractivity contribution in [2.24, 2.45) is 23.0 Å². The Morgan fingerprint density at radius 2 is 1.76 bits per heavy atom. The molecule has 102 valence electrons. The summed E-state index contributed by atoms with van der Waals surface area (Å²) in [4.78, 5) is 0. The maximum absolute atomic E-state index is 5.76. The number of nitrogens with two attached hydrogens (primary N) is 1. The number of rotatable bonds is 9. The van der Waals surface area contributed by atoms with E-state index in [0.717, 1.165) is 11.8 Å². The van der Waals surface area contributed by atoms with Crippen molar-refractivity contribution in [2.75, 3.05) is 13.1 Å². The zero-order valence-corrected chi connectivity index (χ0v) is 12.3. The maximum Gasteiger partial charge on any atom is 0.00104 e. The van der Waals surface area contributed by atoms with Crippen molar-refractivity contribution in [3.8, 4) is 0 Å². The van der Waals surface area contributed by atoms with Gasteiger partial charge in [-0.1, -0.05) is 27.2 Å². The molecule has 17 heavy (non-hydrogen) atoms. The predicted molar refractivity (Wildman–Crippen MR) is 76.0 cm³/mol. The van der Waals surface area contributed by atoms with Crippen LogP contribution in [-0.2, 0) is 0 Å². The summed E-state index contributed by atoms with van der Waals surface area (Å²) in [6.07, 6.45) is 6.60. The fourth-order valence-electron chi connectivity index (χ4n) is 2.58. The minimum Gasteiger partial charge on any atom is -0.328 e. The largest absolute Gasteiger partial charge is 0.328 e. The van der Waals surface area contributed by atoms with Crippen LogP contribution >= 0.6 is 0 Å². The molecular weight excluding hydrogens is 208 g/mol. The van der Waals surface area contributed by atoms with E-state index in [2.05, 4.69) is 33.0 Å². The highest BCUT2D eigenvalue weighted by atomic mass is 14.9. The molecule has 0 heterocycles. The molecule has 0 aromatic carbocycles. The van der Waals surface area contributed by atoms with Crippen LogP contribution in [0.2, 0.25) is 0 Å². The summed E-state index contributed by atoms with van der Waals surface area (Å²) in [6, 6.07) is 0.367. The molecule has 1 aliphatic rings. The SMILES string of the molecule is CC(N)CCCC(C)CNCC1(C(C)C)CC1. The van der Waals surface area contributed by atoms with Gasteiger partial charge in [0.1, 0.15) is 0 Å². The Hall–Kier alpha value is -0.0800. The third-order valence-corrected chi connectivity index (χ3v) is 4.44. The van der Waals surface area contributed by atoms with Gasteiger partial charge in [-0.2, -0.15) is 0 Å². The van der Waals surface area contributed by atoms with Gasteiger partial charge in [-0.15, -0.1) is 0 Å². The van der Waals surface area contributed by atoms with Gasteiger partial charge in [0.2, 0.25) is 0 Å². The molecule has 0 aromatic rings. The Morgan fingerprint density at radius 3 is 2.24 bits per heavy atom. The fourth-order valence-corrected chi connectivity index (χ4v) is 2.58. The van der Waals surface area contributed by atoms with Crippen LogP contribution in [-0.4, -0.2) is 19.1 Å². The molecule has 0 bridgehead atoms. The van der Waals surface area contributed by atoms with E-state index < -0.39 is 0 Å². The minimum absolute atomic E-state index is 0.367. The van der Waals surface area contributed by atoms with Crippen molar-refractivity contribution >= 4 is 0 Å². The molecule has 1 aliphatic carbocycles. The van der Waals surface area contributed by atoms with Gasteiger partial charge in [0.05, 0.1) is 0 Å². The molecule has 0 spiro atoms. The molecule has 0 saturated heterocycles. The molecule has 0 aromatic heterocycles. The van der Waals surface area contributed by atoms with E-state index in [4.69, 9.17) is 5.73 Å². The summed E-state index contributed by atoms with van der Waals surface area (Å²) in [6.45, 7) is 11.6. The summed E-state index contributed by atoms with van der Waals surface area (Å²) in [5.41, 5.74) is 6.41. The summed E-state index contributed by atoms with van der Waals surface area (Å²) in [5, 5.41) is 3.68. The quantitative estimate of drug-likeness (QED) is 0.649. The third-order valence-electron chi connectivity index (χ3n) is 4.44. The van der Waals surface area contributed by atoms with Crippen LogP contribution in [0.25, 0.3) is 0 Å². The number of nitrogens with one attached hydrogen (secondary N) is 1. The van der Waals surface area contributed by atoms with E-state index in [1.165, 1.54) is 45.2 Å². The summed E-state index contributed by atoms with van der Waals surface area (Å²) in [7, 11) is 0. The van der Waals surface area contributed by atoms with Gasteiger partial charge in [-0.25, -0.2) is 0 Å². The standard InChI is InChI=1S/C15H32N2/c1-12(2)15(8-9-15)11-17-10-13(3)6-5-7-14(4)16/h12-14,17H,5-11,16H2,1-4H3. The monoisotopic (exact) mass is 240 g/mol. The van der Waals surface area contributed by atoms with Crippen LogP contribution in [0.4, 0.5) is 0 Å². The molecule has 2 heteroatoms. The lowest BCUT2D eigenvalue weighted by Crippen LogP contribution is -2.31. The average molecular weight is 240 g/mol. The third kappa shape index (κ3) is 5.39. The highest BCUT2D eigenvalue weighted by molar-refractivity contribution is 4.97. The second kappa shape index (κ2) is 6.75. The van der Waals surface area contributed by atoms with Crippen molar-refractivity contribution in [3.05, 3.63) is 0 Å². The Balaban J connectivity index is 2.02. The molecule has 2 nitrogen and oxygen atoms in total. The van der Waals surface area contributed by atoms with Crippen molar-refractivity contribution in [1.29, 1.82) is 0 Å². The molecule has 0 amide bonds. The molecule has 3 N–H and O–H groups in total. The van der Waals surface area contributed by atoms with Crippen molar-refractivity contribution in [2.45, 2.75) is 65.8 Å². The zero-order chi connectivity index (χ0) is 12.9. The van der Waals surface area contributed by atoms with Gasteiger partial charge < -0.3 is 11.1 Å². The summed E-state index contributed by atoms with van der Waals surface area (Å²) >= 11 is 0. The van der Waals surface area contributed by atoms with E-state index in [0.29, 0.717) is 11.5 Å². The topological polar surface area (TPSA) is 38.0 Å². The van der Waals surface area contributed by atoms with Gasteiger partial charge in [-0.05, 0) is 56.4 Å². The molecule has 0 aliphatic heterocycles. The number of hydrogen-bond donors (Lipinski definition) is 2. The van der Waals surface area contributed by atoms with Gasteiger partial charge in [-0.3, -0.25) is 0 Å². The Labute approximate surface area is 108 Å². The molecule has 1 rings (SSSR count). The van der Waals surface area contributed by atoms with Crippen molar-refractivity contribution in [1.82, 2.24) is 5.32 Å². The average Bonchev–Trinajstić information content (AvgIpc) is 2.98. The van der Waals surface area contributed by atoms with Crippen molar-refractivity contribution < 1.29 is 0 Å². The van der Waals surface area contributed by atoms with Gasteiger partial charge in [0, 0.05) is 12.6 Å². The fraction of sp³-hybridized carbons (Fsp3) is 1.00. The number of hydrogen-bond acceptors (Lipinski definition) is 2. The summed E-state index contributed by atoms with van der Waals surface area (Å²) < 4.78 is 0. The molecular formula is C15H32N2. The second-order valence-corrected chi connectivity index (χ2v) is 6.66. The minimum atomic E-state index is 0.367. The molecule has 0 radical (unpaired) electrons. The first-order valence-corrected chi connectivity index (χ1v) is 7.42. The lowest BCUT2D eigenvalue weighted by atomic mass is 9.92. The first-order chi connectivity index (χ1) is 7.96. The highest BCUT2D eigenvalue weighted by Gasteiger charge is 2.44. The second-order valence-electron chi connectivity index (χ2n) is 6.66. The summed E-state index contributed by atoms with van der Waals surface area (Å²) in [5.74, 6) is 1.63. The molecule has 2 atom stereocenters. The Bertz CT molecular complexity index is 207. The molecule has 2 unspecified atom stereocenters. The Kier molecular flexibility index (Phi) is 5.94. The van der Waals surface area contributed by atoms with Crippen LogP contribution < -0.4 is 11.1 Å². The molecule has 1 saturated carbocycles. The van der Waals surface area contributed by atoms with E-state index in [1.54, 1.807) is 0 Å². The first kappa shape index (κ1) is 15.0. The van der Waals surface area contributed by atoms with Crippen LogP contribution in [0, 0.1) is 17.3 Å². The predicted octanol–water partition coefficient (Wildman–Crippen LogP) is 3.17. The van der Waals surface area contributed by atoms with E-state index >= 15 is 0 Å². The van der Waals surface area contributed by atoms with Crippen molar-refractivity contribution in [3.63, 3.8) is 0 Å². The van der Waals surface area contributed by atoms with Crippen LogP contribution in [0.3, 0.4) is 0 Å². The lowest BCUT2D eigenvalue weighted by molar-refractivity contribution is 0.324. The maximum atomic E-state index is 5.76. The van der Waals surface area contributed by atoms with Gasteiger partial charge >= 0.3 is 0 Å². The van der Waals surface area contributed by atoms with E-state index in [9.17, 15) is 0 Å². The zero-order valence-electron chi connectivity index (χ0n) is 12.3. The smallest absolute Gasteiger partial charge is 0.00104 e. The first-order valence-electron chi connectivity index (χ1n) is 7.42. The normalized spacial score (nSPS) is 21.5. The van der Waals surface area contributed by atoms with Crippen LogP contribution in [0.1, 0.15) is 59.8 Å². The lowest BCUT2D eigenvalue weighted by Gasteiger charge is -2.21. The van der Waals surface area contributed by atoms with Gasteiger partial charge in [0.15, 0.2) is 0 Å². The molecule has 1 fully saturated rings. The van der Waals surface area contributed by atoms with Gasteiger partial charge in [0.25, 0.3) is 0 Å². The highest BCUT2D eigenvalue weighted by Crippen LogP contribution is 2.51. The Morgan fingerprint density at radius 1 is 1.12 bits per heavy atom.